The van der Waals surface area contributed by atoms with E-state index < -0.39 is 10.7 Å². The minimum atomic E-state index is -0.580. The van der Waals surface area contributed by atoms with Crippen molar-refractivity contribution in [2.45, 2.75) is 6.42 Å². The smallest absolute Gasteiger partial charge is 0.193 e. The molecule has 12 heavy (non-hydrogen) atoms. The molecule has 0 saturated carbocycles. The summed E-state index contributed by atoms with van der Waals surface area (Å²) in [7, 11) is 0.862. The summed E-state index contributed by atoms with van der Waals surface area (Å²) in [6.45, 7) is 0. The third-order valence-electron chi connectivity index (χ3n) is 1.27. The van der Waals surface area contributed by atoms with E-state index in [1.165, 1.54) is 7.11 Å². The average molecular weight is 187 g/mol. The number of hydrogen-bond acceptors (Lipinski definition) is 4. The van der Waals surface area contributed by atoms with Gasteiger partial charge in [-0.3, -0.25) is 5.41 Å². The molecule has 1 N–H and O–H groups in total. The number of carbonyl (C=O) groups is 1. The molecule has 5 nitrogen and oxygen atoms in total. The fraction of sp³-hybridized carbons (Fsp3) is 0.500. The van der Waals surface area contributed by atoms with Crippen LogP contribution in [0.15, 0.2) is 9.52 Å². The number of aldehydes is 1. The van der Waals surface area contributed by atoms with Crippen LogP contribution in [0.1, 0.15) is 6.42 Å². The van der Waals surface area contributed by atoms with E-state index in [0.717, 1.165) is 12.0 Å². The summed E-state index contributed by atoms with van der Waals surface area (Å²) < 4.78 is 3.71. The number of carbonyl (C=O) groups excluding carboxylic acids is 1. The lowest BCUT2D eigenvalue weighted by Crippen LogP contribution is -2.04. The zero-order chi connectivity index (χ0) is 8.97. The van der Waals surface area contributed by atoms with Crippen molar-refractivity contribution < 1.29 is 9.63 Å². The molecule has 0 aliphatic carbocycles. The quantitative estimate of drug-likeness (QED) is 0.510. The average Bonchev–Trinajstić information content (AvgIpc) is 2.34. The largest absolute Gasteiger partial charge is 0.303 e. The third-order valence-corrected chi connectivity index (χ3v) is 2.74. The van der Waals surface area contributed by atoms with Crippen LogP contribution in [0.4, 0.5) is 0 Å². The first kappa shape index (κ1) is 9.21. The zero-order valence-electron chi connectivity index (χ0n) is 6.61. The fourth-order valence-electron chi connectivity index (χ4n) is 0.807. The summed E-state index contributed by atoms with van der Waals surface area (Å²) in [6, 6.07) is 0. The maximum Gasteiger partial charge on any atom is 0.193 e. The second-order valence-electron chi connectivity index (χ2n) is 2.12. The van der Waals surface area contributed by atoms with Gasteiger partial charge in [-0.05, 0) is 0 Å². The summed E-state index contributed by atoms with van der Waals surface area (Å²) in [4.78, 5) is 18.6. The Morgan fingerprint density at radius 1 is 1.92 bits per heavy atom. The molecular weight excluding hydrogens is 178 g/mol. The Hall–Kier alpha value is -0.880. The highest BCUT2D eigenvalue weighted by Gasteiger charge is 2.17. The fourth-order valence-corrected chi connectivity index (χ4v) is 1.98. The molecule has 0 aromatic rings. The van der Waals surface area contributed by atoms with Gasteiger partial charge in [0.2, 0.25) is 0 Å². The van der Waals surface area contributed by atoms with Crippen molar-refractivity contribution in [3.63, 3.8) is 0 Å². The van der Waals surface area contributed by atoms with Crippen LogP contribution in [-0.4, -0.2) is 30.0 Å². The number of aliphatic imine (C=N–C) groups is 1. The highest BCUT2D eigenvalue weighted by atomic mass is 32.2. The maximum atomic E-state index is 10.1. The first-order valence-electron chi connectivity index (χ1n) is 3.31. The van der Waals surface area contributed by atoms with Gasteiger partial charge in [0, 0.05) is 22.8 Å². The number of rotatable bonds is 3. The van der Waals surface area contributed by atoms with Gasteiger partial charge in [-0.15, -0.1) is 4.53 Å². The van der Waals surface area contributed by atoms with Gasteiger partial charge < -0.3 is 4.79 Å². The Kier molecular flexibility index (Phi) is 3.24. The molecule has 0 radical (unpaired) electrons. The molecule has 0 saturated heterocycles. The highest BCUT2D eigenvalue weighted by molar-refractivity contribution is 8.03. The van der Waals surface area contributed by atoms with E-state index in [-0.39, 0.29) is 5.17 Å². The first-order chi connectivity index (χ1) is 5.77. The molecule has 0 aromatic carbocycles. The van der Waals surface area contributed by atoms with Gasteiger partial charge in [0.1, 0.15) is 6.29 Å². The van der Waals surface area contributed by atoms with E-state index >= 15 is 0 Å². The molecular formula is C6H9N3O2S. The van der Waals surface area contributed by atoms with Crippen molar-refractivity contribution in [1.82, 2.24) is 0 Å². The normalized spacial score (nSPS) is 22.9. The molecule has 1 atom stereocenters. The lowest BCUT2D eigenvalue weighted by Gasteiger charge is -1.92. The molecule has 1 unspecified atom stereocenters. The zero-order valence-corrected chi connectivity index (χ0v) is 7.43. The van der Waals surface area contributed by atoms with Crippen molar-refractivity contribution in [1.29, 1.82) is 5.41 Å². The first-order valence-corrected chi connectivity index (χ1v) is 4.67. The SMILES string of the molecule is CON=S1CC(CC=O)=NC1=N. The van der Waals surface area contributed by atoms with Crippen LogP contribution in [0.2, 0.25) is 0 Å². The van der Waals surface area contributed by atoms with Crippen LogP contribution in [0.3, 0.4) is 0 Å². The molecule has 1 aliphatic heterocycles. The van der Waals surface area contributed by atoms with E-state index in [1.54, 1.807) is 0 Å². The second kappa shape index (κ2) is 4.22. The van der Waals surface area contributed by atoms with Crippen LogP contribution < -0.4 is 0 Å². The van der Waals surface area contributed by atoms with Crippen LogP contribution in [0.5, 0.6) is 0 Å². The van der Waals surface area contributed by atoms with Crippen molar-refractivity contribution >= 4 is 27.9 Å². The molecule has 1 aliphatic rings. The van der Waals surface area contributed by atoms with Crippen LogP contribution in [0.25, 0.3) is 0 Å². The molecule has 6 heteroatoms. The maximum absolute atomic E-state index is 10.1. The monoisotopic (exact) mass is 187 g/mol. The summed E-state index contributed by atoms with van der Waals surface area (Å²) in [5, 5.41) is 7.56. The van der Waals surface area contributed by atoms with Crippen molar-refractivity contribution in [2.75, 3.05) is 12.9 Å². The Bertz CT molecular complexity index is 272. The minimum Gasteiger partial charge on any atom is -0.303 e. The van der Waals surface area contributed by atoms with Gasteiger partial charge in [0.05, 0.1) is 12.9 Å². The van der Waals surface area contributed by atoms with Crippen molar-refractivity contribution in [3.05, 3.63) is 0 Å². The summed E-state index contributed by atoms with van der Waals surface area (Å²) in [6.07, 6.45) is 1.08. The van der Waals surface area contributed by atoms with Crippen molar-refractivity contribution in [2.24, 2.45) is 9.52 Å². The standard InChI is InChI=1S/C6H9N3O2S/c1-11-9-12-4-5(2-3-10)8-6(12)7/h3,7H,2,4H2,1H3. The predicted octanol–water partition coefficient (Wildman–Crippen LogP) is 0.328. The van der Waals surface area contributed by atoms with Gasteiger partial charge in [-0.25, -0.2) is 9.83 Å². The van der Waals surface area contributed by atoms with E-state index in [4.69, 9.17) is 5.41 Å². The van der Waals surface area contributed by atoms with Gasteiger partial charge in [0.25, 0.3) is 0 Å². The van der Waals surface area contributed by atoms with Crippen LogP contribution in [-0.2, 0) is 20.3 Å². The molecule has 0 amide bonds. The highest BCUT2D eigenvalue weighted by Crippen LogP contribution is 2.06. The lowest BCUT2D eigenvalue weighted by molar-refractivity contribution is -0.106. The Morgan fingerprint density at radius 3 is 3.25 bits per heavy atom. The topological polar surface area (TPSA) is 74.9 Å². The van der Waals surface area contributed by atoms with Gasteiger partial charge in [-0.1, -0.05) is 0 Å². The van der Waals surface area contributed by atoms with Crippen LogP contribution >= 0.6 is 0 Å². The molecule has 1 rings (SSSR count). The number of nitrogens with one attached hydrogen (secondary N) is 1. The number of nitrogens with zero attached hydrogens (tertiary/aromatic N) is 2. The Morgan fingerprint density at radius 2 is 2.67 bits per heavy atom. The second-order valence-corrected chi connectivity index (χ2v) is 3.67. The Balaban J connectivity index is 2.66. The van der Waals surface area contributed by atoms with Crippen molar-refractivity contribution in [3.8, 4) is 0 Å². The molecule has 0 spiro atoms. The van der Waals surface area contributed by atoms with Gasteiger partial charge in [0.15, 0.2) is 5.17 Å². The third kappa shape index (κ3) is 2.05. The predicted molar refractivity (Wildman–Crippen MR) is 47.5 cm³/mol. The molecule has 66 valence electrons. The van der Waals surface area contributed by atoms with Gasteiger partial charge in [-0.2, -0.15) is 0 Å². The summed E-state index contributed by atoms with van der Waals surface area (Å²) in [5.74, 6) is 0.561. The summed E-state index contributed by atoms with van der Waals surface area (Å²) >= 11 is 0. The Labute approximate surface area is 72.4 Å². The van der Waals surface area contributed by atoms with E-state index in [1.807, 2.05) is 0 Å². The summed E-state index contributed by atoms with van der Waals surface area (Å²) in [5.41, 5.74) is 0.721. The molecule has 0 aromatic heterocycles. The van der Waals surface area contributed by atoms with Gasteiger partial charge >= 0.3 is 0 Å². The molecule has 0 bridgehead atoms. The number of amidine groups is 1. The number of hydrogen-bond donors (Lipinski definition) is 1. The molecule has 0 fully saturated rings. The lowest BCUT2D eigenvalue weighted by atomic mass is 10.3. The van der Waals surface area contributed by atoms with E-state index in [2.05, 4.69) is 14.4 Å². The minimum absolute atomic E-state index is 0.203. The van der Waals surface area contributed by atoms with E-state index in [9.17, 15) is 4.79 Å². The molecule has 1 heterocycles. The van der Waals surface area contributed by atoms with E-state index in [0.29, 0.717) is 12.2 Å². The van der Waals surface area contributed by atoms with Crippen LogP contribution in [0, 0.1) is 5.41 Å².